The van der Waals surface area contributed by atoms with Crippen molar-refractivity contribution >= 4 is 23.2 Å². The van der Waals surface area contributed by atoms with Crippen LogP contribution in [0.5, 0.6) is 5.75 Å². The lowest BCUT2D eigenvalue weighted by atomic mass is 10.0. The lowest BCUT2D eigenvalue weighted by Crippen LogP contribution is -1.89. The fourth-order valence-electron chi connectivity index (χ4n) is 2.14. The minimum absolute atomic E-state index is 0.646. The van der Waals surface area contributed by atoms with Gasteiger partial charge in [-0.25, -0.2) is 0 Å². The Balaban J connectivity index is 2.19. The number of halogens is 2. The number of hydrogen-bond donors (Lipinski definition) is 0. The molecule has 17 heavy (non-hydrogen) atoms. The van der Waals surface area contributed by atoms with Crippen LogP contribution in [0.4, 0.5) is 0 Å². The predicted molar refractivity (Wildman–Crippen MR) is 71.1 cm³/mol. The lowest BCUT2D eigenvalue weighted by Gasteiger charge is -2.09. The first-order valence-electron chi connectivity index (χ1n) is 5.46. The summed E-state index contributed by atoms with van der Waals surface area (Å²) in [4.78, 5) is 0. The number of hydrogen-bond acceptors (Lipinski definition) is 1. The molecule has 2 aromatic carbocycles. The standard InChI is InChI=1S/C14H10Cl2O/c15-10-4-5-11(13(16)8-10)12-3-1-2-9-6-7-17-14(9)12/h1-5,8H,6-7H2. The van der Waals surface area contributed by atoms with Crippen molar-refractivity contribution in [2.24, 2.45) is 0 Å². The highest BCUT2D eigenvalue weighted by molar-refractivity contribution is 6.36. The molecule has 0 unspecified atom stereocenters. The van der Waals surface area contributed by atoms with Crippen molar-refractivity contribution in [3.8, 4) is 16.9 Å². The summed E-state index contributed by atoms with van der Waals surface area (Å²) in [7, 11) is 0. The molecular weight excluding hydrogens is 255 g/mol. The van der Waals surface area contributed by atoms with E-state index < -0.39 is 0 Å². The SMILES string of the molecule is Clc1ccc(-c2cccc3c2OCC3)c(Cl)c1. The van der Waals surface area contributed by atoms with Gasteiger partial charge in [-0.3, -0.25) is 0 Å². The highest BCUT2D eigenvalue weighted by atomic mass is 35.5. The maximum Gasteiger partial charge on any atom is 0.130 e. The van der Waals surface area contributed by atoms with Crippen molar-refractivity contribution in [2.75, 3.05) is 6.61 Å². The largest absolute Gasteiger partial charge is 0.492 e. The smallest absolute Gasteiger partial charge is 0.130 e. The zero-order valence-corrected chi connectivity index (χ0v) is 10.6. The molecule has 1 heterocycles. The van der Waals surface area contributed by atoms with Crippen LogP contribution in [0, 0.1) is 0 Å². The number of ether oxygens (including phenoxy) is 1. The number of benzene rings is 2. The van der Waals surface area contributed by atoms with Gasteiger partial charge in [-0.1, -0.05) is 47.5 Å². The summed E-state index contributed by atoms with van der Waals surface area (Å²) in [5, 5.41) is 1.30. The van der Waals surface area contributed by atoms with Crippen LogP contribution < -0.4 is 4.74 Å². The molecule has 3 heteroatoms. The summed E-state index contributed by atoms with van der Waals surface area (Å²) >= 11 is 12.1. The minimum Gasteiger partial charge on any atom is -0.492 e. The second-order valence-corrected chi connectivity index (χ2v) is 4.86. The summed E-state index contributed by atoms with van der Waals surface area (Å²) in [6.07, 6.45) is 0.967. The maximum atomic E-state index is 6.23. The van der Waals surface area contributed by atoms with Crippen LogP contribution in [0.2, 0.25) is 10.0 Å². The molecule has 0 fully saturated rings. The molecule has 0 radical (unpaired) electrons. The summed E-state index contributed by atoms with van der Waals surface area (Å²) in [5.74, 6) is 0.955. The van der Waals surface area contributed by atoms with Gasteiger partial charge in [0.2, 0.25) is 0 Å². The van der Waals surface area contributed by atoms with Gasteiger partial charge >= 0.3 is 0 Å². The summed E-state index contributed by atoms with van der Waals surface area (Å²) < 4.78 is 5.68. The molecule has 3 rings (SSSR count). The van der Waals surface area contributed by atoms with Crippen LogP contribution in [0.25, 0.3) is 11.1 Å². The van der Waals surface area contributed by atoms with E-state index in [1.165, 1.54) is 5.56 Å². The van der Waals surface area contributed by atoms with E-state index in [4.69, 9.17) is 27.9 Å². The molecule has 1 aliphatic heterocycles. The molecule has 2 aromatic rings. The molecule has 0 bridgehead atoms. The molecule has 0 amide bonds. The molecule has 0 saturated carbocycles. The van der Waals surface area contributed by atoms with Gasteiger partial charge in [0.1, 0.15) is 5.75 Å². The first-order valence-corrected chi connectivity index (χ1v) is 6.21. The Bertz CT molecular complexity index is 578. The number of para-hydroxylation sites is 1. The van der Waals surface area contributed by atoms with Crippen molar-refractivity contribution in [3.05, 3.63) is 52.0 Å². The maximum absolute atomic E-state index is 6.23. The van der Waals surface area contributed by atoms with E-state index in [1.807, 2.05) is 24.3 Å². The van der Waals surface area contributed by atoms with Gasteiger partial charge in [0.05, 0.1) is 11.6 Å². The van der Waals surface area contributed by atoms with Gasteiger partial charge in [0, 0.05) is 22.6 Å². The van der Waals surface area contributed by atoms with Gasteiger partial charge in [-0.15, -0.1) is 0 Å². The van der Waals surface area contributed by atoms with Crippen LogP contribution >= 0.6 is 23.2 Å². The molecule has 86 valence electrons. The van der Waals surface area contributed by atoms with E-state index >= 15 is 0 Å². The Morgan fingerprint density at radius 1 is 1.00 bits per heavy atom. The van der Waals surface area contributed by atoms with Gasteiger partial charge in [0.15, 0.2) is 0 Å². The minimum atomic E-state index is 0.646. The number of fused-ring (bicyclic) bond motifs is 1. The van der Waals surface area contributed by atoms with Crippen molar-refractivity contribution < 1.29 is 4.74 Å². The van der Waals surface area contributed by atoms with Crippen LogP contribution in [0.1, 0.15) is 5.56 Å². The Hall–Kier alpha value is -1.18. The van der Waals surface area contributed by atoms with Crippen molar-refractivity contribution in [1.82, 2.24) is 0 Å². The highest BCUT2D eigenvalue weighted by Gasteiger charge is 2.18. The molecule has 0 aliphatic carbocycles. The summed E-state index contributed by atoms with van der Waals surface area (Å²) in [6.45, 7) is 0.748. The first kappa shape index (κ1) is 10.9. The Morgan fingerprint density at radius 3 is 2.71 bits per heavy atom. The van der Waals surface area contributed by atoms with Gasteiger partial charge < -0.3 is 4.74 Å². The van der Waals surface area contributed by atoms with Gasteiger partial charge in [-0.2, -0.15) is 0 Å². The average Bonchev–Trinajstić information content (AvgIpc) is 2.77. The van der Waals surface area contributed by atoms with E-state index in [-0.39, 0.29) is 0 Å². The van der Waals surface area contributed by atoms with Crippen LogP contribution in [0.15, 0.2) is 36.4 Å². The number of rotatable bonds is 1. The van der Waals surface area contributed by atoms with E-state index in [1.54, 1.807) is 6.07 Å². The van der Waals surface area contributed by atoms with Gasteiger partial charge in [-0.05, 0) is 17.7 Å². The van der Waals surface area contributed by atoms with Crippen molar-refractivity contribution in [1.29, 1.82) is 0 Å². The topological polar surface area (TPSA) is 9.23 Å². The third-order valence-corrected chi connectivity index (χ3v) is 3.48. The second-order valence-electron chi connectivity index (χ2n) is 4.02. The Morgan fingerprint density at radius 2 is 1.88 bits per heavy atom. The molecule has 1 aliphatic rings. The normalized spacial score (nSPS) is 13.3. The quantitative estimate of drug-likeness (QED) is 0.732. The molecule has 1 nitrogen and oxygen atoms in total. The molecule has 0 N–H and O–H groups in total. The highest BCUT2D eigenvalue weighted by Crippen LogP contribution is 2.40. The summed E-state index contributed by atoms with van der Waals surface area (Å²) in [6, 6.07) is 11.7. The molecule has 0 aromatic heterocycles. The first-order chi connectivity index (χ1) is 8.25. The fraction of sp³-hybridized carbons (Fsp3) is 0.143. The van der Waals surface area contributed by atoms with Crippen molar-refractivity contribution in [2.45, 2.75) is 6.42 Å². The van der Waals surface area contributed by atoms with Crippen LogP contribution in [-0.4, -0.2) is 6.61 Å². The second kappa shape index (κ2) is 4.25. The average molecular weight is 265 g/mol. The van der Waals surface area contributed by atoms with E-state index in [9.17, 15) is 0 Å². The molecule has 0 saturated heterocycles. The van der Waals surface area contributed by atoms with Crippen molar-refractivity contribution in [3.63, 3.8) is 0 Å². The molecule has 0 spiro atoms. The van der Waals surface area contributed by atoms with Crippen LogP contribution in [-0.2, 0) is 6.42 Å². The Kier molecular flexibility index (Phi) is 2.73. The van der Waals surface area contributed by atoms with Crippen LogP contribution in [0.3, 0.4) is 0 Å². The lowest BCUT2D eigenvalue weighted by molar-refractivity contribution is 0.358. The molecule has 0 atom stereocenters. The third kappa shape index (κ3) is 1.90. The molecular formula is C14H10Cl2O. The summed E-state index contributed by atoms with van der Waals surface area (Å²) in [5.41, 5.74) is 3.25. The Labute approximate surface area is 110 Å². The predicted octanol–water partition coefficient (Wildman–Crippen LogP) is 4.60. The monoisotopic (exact) mass is 264 g/mol. The van der Waals surface area contributed by atoms with Gasteiger partial charge in [0.25, 0.3) is 0 Å². The third-order valence-electron chi connectivity index (χ3n) is 2.94. The fourth-order valence-corrected chi connectivity index (χ4v) is 2.65. The van der Waals surface area contributed by atoms with E-state index in [0.29, 0.717) is 10.0 Å². The van der Waals surface area contributed by atoms with E-state index in [0.717, 1.165) is 29.9 Å². The zero-order chi connectivity index (χ0) is 11.8. The zero-order valence-electron chi connectivity index (χ0n) is 9.04. The van der Waals surface area contributed by atoms with E-state index in [2.05, 4.69) is 6.07 Å².